The number of carbonyl (C=O) groups excluding carboxylic acids is 3. The molecular formula is C9H12O4. The Morgan fingerprint density at radius 1 is 1.38 bits per heavy atom. The lowest BCUT2D eigenvalue weighted by Crippen LogP contribution is -2.15. The summed E-state index contributed by atoms with van der Waals surface area (Å²) in [7, 11) is 0. The lowest BCUT2D eigenvalue weighted by atomic mass is 10.2. The Balaban J connectivity index is 0.000000223. The van der Waals surface area contributed by atoms with Crippen molar-refractivity contribution in [2.45, 2.75) is 26.7 Å². The molecule has 0 saturated carbocycles. The molecule has 13 heavy (non-hydrogen) atoms. The first-order valence-electron chi connectivity index (χ1n) is 3.79. The fourth-order valence-electron chi connectivity index (χ4n) is 0.664. The van der Waals surface area contributed by atoms with Gasteiger partial charge in [0, 0.05) is 0 Å². The minimum absolute atomic E-state index is 0.0625. The van der Waals surface area contributed by atoms with Crippen LogP contribution in [-0.4, -0.2) is 17.5 Å². The monoisotopic (exact) mass is 184 g/mol. The van der Waals surface area contributed by atoms with Crippen molar-refractivity contribution in [1.29, 1.82) is 0 Å². The molecule has 1 rings (SSSR count). The van der Waals surface area contributed by atoms with Crippen LogP contribution in [0.15, 0.2) is 12.3 Å². The first kappa shape index (κ1) is 11.6. The molecule has 1 saturated heterocycles. The Morgan fingerprint density at radius 3 is 1.77 bits per heavy atom. The normalized spacial score (nSPS) is 13.4. The van der Waals surface area contributed by atoms with Crippen LogP contribution >= 0.6 is 0 Å². The predicted molar refractivity (Wildman–Crippen MR) is 45.8 cm³/mol. The van der Waals surface area contributed by atoms with E-state index in [-0.39, 0.29) is 24.0 Å². The summed E-state index contributed by atoms with van der Waals surface area (Å²) in [5, 5.41) is 0. The molecule has 0 aromatic carbocycles. The van der Waals surface area contributed by atoms with Crippen molar-refractivity contribution in [2.24, 2.45) is 0 Å². The average molecular weight is 184 g/mol. The van der Waals surface area contributed by atoms with E-state index in [0.717, 1.165) is 0 Å². The van der Waals surface area contributed by atoms with Crippen molar-refractivity contribution >= 4 is 17.5 Å². The largest absolute Gasteiger partial charge is 0.431 e. The Kier molecular flexibility index (Phi) is 4.66. The smallest absolute Gasteiger partial charge is 0.318 e. The van der Waals surface area contributed by atoms with Crippen LogP contribution in [0.1, 0.15) is 26.7 Å². The number of hydrogen-bond acceptors (Lipinski definition) is 4. The van der Waals surface area contributed by atoms with E-state index in [1.807, 2.05) is 0 Å². The molecule has 4 nitrogen and oxygen atoms in total. The van der Waals surface area contributed by atoms with E-state index < -0.39 is 0 Å². The summed E-state index contributed by atoms with van der Waals surface area (Å²) in [6, 6.07) is 0. The van der Waals surface area contributed by atoms with Crippen molar-refractivity contribution in [3.05, 3.63) is 12.3 Å². The third-order valence-electron chi connectivity index (χ3n) is 1.10. The maximum absolute atomic E-state index is 10.0. The number of Topliss-reactive ketones (excluding diaryl/α,β-unsaturated/α-hetero) is 2. The van der Waals surface area contributed by atoms with Crippen LogP contribution in [0.5, 0.6) is 0 Å². The van der Waals surface area contributed by atoms with Gasteiger partial charge in [-0.3, -0.25) is 14.4 Å². The van der Waals surface area contributed by atoms with Crippen LogP contribution in [0.25, 0.3) is 0 Å². The average Bonchev–Trinajstić information content (AvgIpc) is 1.82. The molecule has 72 valence electrons. The summed E-state index contributed by atoms with van der Waals surface area (Å²) in [6.45, 7) is 6.18. The van der Waals surface area contributed by atoms with Gasteiger partial charge >= 0.3 is 5.97 Å². The number of esters is 1. The zero-order valence-corrected chi connectivity index (χ0v) is 7.75. The molecule has 1 heterocycles. The molecule has 1 aliphatic heterocycles. The van der Waals surface area contributed by atoms with Crippen molar-refractivity contribution in [2.75, 3.05) is 0 Å². The SMILES string of the molecule is C=C1CC(=O)O1.CC(=O)CC(C)=O. The van der Waals surface area contributed by atoms with Crippen LogP contribution in [0, 0.1) is 0 Å². The van der Waals surface area contributed by atoms with Crippen molar-refractivity contribution in [3.63, 3.8) is 0 Å². The topological polar surface area (TPSA) is 60.4 Å². The Hall–Kier alpha value is -1.45. The molecule has 0 radical (unpaired) electrons. The highest BCUT2D eigenvalue weighted by Crippen LogP contribution is 2.13. The lowest BCUT2D eigenvalue weighted by Gasteiger charge is -2.12. The maximum atomic E-state index is 10.0. The Labute approximate surface area is 76.6 Å². The number of hydrogen-bond donors (Lipinski definition) is 0. The number of ether oxygens (including phenoxy) is 1. The van der Waals surface area contributed by atoms with Crippen molar-refractivity contribution < 1.29 is 19.1 Å². The van der Waals surface area contributed by atoms with Crippen molar-refractivity contribution in [1.82, 2.24) is 0 Å². The molecule has 0 spiro atoms. The van der Waals surface area contributed by atoms with Crippen LogP contribution in [0.2, 0.25) is 0 Å². The third kappa shape index (κ3) is 6.93. The van der Waals surface area contributed by atoms with Gasteiger partial charge in [-0.05, 0) is 13.8 Å². The third-order valence-corrected chi connectivity index (χ3v) is 1.10. The second-order valence-electron chi connectivity index (χ2n) is 2.77. The number of cyclic esters (lactones) is 1. The minimum Gasteiger partial charge on any atom is -0.431 e. The second kappa shape index (κ2) is 5.24. The minimum atomic E-state index is -0.167. The lowest BCUT2D eigenvalue weighted by molar-refractivity contribution is -0.148. The summed E-state index contributed by atoms with van der Waals surface area (Å²) in [6.07, 6.45) is 0.500. The standard InChI is InChI=1S/C5H8O2.C4H4O2/c1-4(6)3-5(2)7;1-3-2-4(5)6-3/h3H2,1-2H3;1-2H2. The summed E-state index contributed by atoms with van der Waals surface area (Å²) >= 11 is 0. The molecule has 0 amide bonds. The molecule has 0 aromatic heterocycles. The van der Waals surface area contributed by atoms with E-state index in [0.29, 0.717) is 12.2 Å². The van der Waals surface area contributed by atoms with Crippen molar-refractivity contribution in [3.8, 4) is 0 Å². The molecule has 0 N–H and O–H groups in total. The highest BCUT2D eigenvalue weighted by atomic mass is 16.6. The van der Waals surface area contributed by atoms with Gasteiger partial charge in [-0.25, -0.2) is 0 Å². The van der Waals surface area contributed by atoms with Gasteiger partial charge in [0.25, 0.3) is 0 Å². The first-order valence-corrected chi connectivity index (χ1v) is 3.79. The van der Waals surface area contributed by atoms with Gasteiger partial charge in [0.1, 0.15) is 23.7 Å². The summed E-state index contributed by atoms with van der Waals surface area (Å²) < 4.78 is 4.31. The predicted octanol–water partition coefficient (Wildman–Crippen LogP) is 1.00. The zero-order chi connectivity index (χ0) is 10.4. The highest BCUT2D eigenvalue weighted by Gasteiger charge is 2.17. The number of ketones is 2. The van der Waals surface area contributed by atoms with Gasteiger partial charge in [-0.15, -0.1) is 0 Å². The van der Waals surface area contributed by atoms with Gasteiger partial charge in [0.2, 0.25) is 0 Å². The Bertz CT molecular complexity index is 218. The van der Waals surface area contributed by atoms with Crippen LogP contribution in [0.3, 0.4) is 0 Å². The molecule has 1 fully saturated rings. The van der Waals surface area contributed by atoms with Crippen LogP contribution in [0.4, 0.5) is 0 Å². The van der Waals surface area contributed by atoms with E-state index in [1.54, 1.807) is 0 Å². The van der Waals surface area contributed by atoms with E-state index >= 15 is 0 Å². The molecule has 0 aromatic rings. The fourth-order valence-corrected chi connectivity index (χ4v) is 0.664. The quantitative estimate of drug-likeness (QED) is 0.474. The van der Waals surface area contributed by atoms with E-state index in [1.165, 1.54) is 13.8 Å². The molecule has 0 unspecified atom stereocenters. The van der Waals surface area contributed by atoms with E-state index in [4.69, 9.17) is 0 Å². The van der Waals surface area contributed by atoms with Gasteiger partial charge in [-0.1, -0.05) is 6.58 Å². The van der Waals surface area contributed by atoms with Gasteiger partial charge in [0.05, 0.1) is 6.42 Å². The van der Waals surface area contributed by atoms with Crippen LogP contribution < -0.4 is 0 Å². The maximum Gasteiger partial charge on any atom is 0.318 e. The molecule has 1 aliphatic rings. The summed E-state index contributed by atoms with van der Waals surface area (Å²) in [5.41, 5.74) is 0. The second-order valence-corrected chi connectivity index (χ2v) is 2.77. The fraction of sp³-hybridized carbons (Fsp3) is 0.444. The van der Waals surface area contributed by atoms with Gasteiger partial charge in [-0.2, -0.15) is 0 Å². The molecule has 0 atom stereocenters. The van der Waals surface area contributed by atoms with Gasteiger partial charge < -0.3 is 4.74 Å². The first-order chi connectivity index (χ1) is 5.91. The number of rotatable bonds is 2. The molecule has 0 bridgehead atoms. The summed E-state index contributed by atoms with van der Waals surface area (Å²) in [4.78, 5) is 29.9. The zero-order valence-electron chi connectivity index (χ0n) is 7.75. The van der Waals surface area contributed by atoms with E-state index in [2.05, 4.69) is 11.3 Å². The van der Waals surface area contributed by atoms with E-state index in [9.17, 15) is 14.4 Å². The molecule has 4 heteroatoms. The van der Waals surface area contributed by atoms with Gasteiger partial charge in [0.15, 0.2) is 0 Å². The number of carbonyl (C=O) groups is 3. The molecule has 0 aliphatic carbocycles. The Morgan fingerprint density at radius 2 is 1.77 bits per heavy atom. The van der Waals surface area contributed by atoms with Crippen LogP contribution in [-0.2, 0) is 19.1 Å². The summed E-state index contributed by atoms with van der Waals surface area (Å²) in [5.74, 6) is 0.292. The highest BCUT2D eigenvalue weighted by molar-refractivity contribution is 5.96. The molecular weight excluding hydrogens is 172 g/mol.